The maximum absolute atomic E-state index is 11.9. The minimum atomic E-state index is -0.521. The fourth-order valence-electron chi connectivity index (χ4n) is 2.05. The molecule has 3 amide bonds. The molecule has 5 nitrogen and oxygen atoms in total. The highest BCUT2D eigenvalue weighted by Crippen LogP contribution is 2.26. The molecule has 1 aromatic carbocycles. The molecule has 1 heterocycles. The van der Waals surface area contributed by atoms with E-state index in [1.165, 1.54) is 7.05 Å². The zero-order valence-electron chi connectivity index (χ0n) is 9.61. The summed E-state index contributed by atoms with van der Waals surface area (Å²) in [5, 5.41) is 0. The van der Waals surface area contributed by atoms with Crippen molar-refractivity contribution < 1.29 is 14.4 Å². The van der Waals surface area contributed by atoms with Crippen molar-refractivity contribution in [2.75, 3.05) is 7.05 Å². The molecule has 0 unspecified atom stereocenters. The summed E-state index contributed by atoms with van der Waals surface area (Å²) in [5.74, 6) is -1.23. The molecule has 0 aliphatic carbocycles. The molecular formula is C12H12N2O3. The predicted molar refractivity (Wildman–Crippen MR) is 60.5 cm³/mol. The van der Waals surface area contributed by atoms with Gasteiger partial charge in [0.2, 0.25) is 5.91 Å². The van der Waals surface area contributed by atoms with Crippen molar-refractivity contribution in [3.05, 3.63) is 34.4 Å². The van der Waals surface area contributed by atoms with Crippen LogP contribution in [0.15, 0.2) is 12.1 Å². The number of benzene rings is 1. The van der Waals surface area contributed by atoms with E-state index in [1.54, 1.807) is 19.1 Å². The van der Waals surface area contributed by atoms with Gasteiger partial charge in [-0.05, 0) is 24.1 Å². The second kappa shape index (κ2) is 3.69. The number of fused-ring (bicyclic) bond motifs is 1. The van der Waals surface area contributed by atoms with E-state index in [2.05, 4.69) is 0 Å². The van der Waals surface area contributed by atoms with E-state index in [0.29, 0.717) is 16.7 Å². The summed E-state index contributed by atoms with van der Waals surface area (Å²) in [4.78, 5) is 35.7. The number of aryl methyl sites for hydroxylation is 1. The molecule has 0 radical (unpaired) electrons. The molecule has 0 atom stereocenters. The summed E-state index contributed by atoms with van der Waals surface area (Å²) in [5.41, 5.74) is 7.15. The van der Waals surface area contributed by atoms with Crippen molar-refractivity contribution in [3.63, 3.8) is 0 Å². The Hall–Kier alpha value is -2.17. The van der Waals surface area contributed by atoms with E-state index in [-0.39, 0.29) is 18.2 Å². The van der Waals surface area contributed by atoms with E-state index in [4.69, 9.17) is 5.73 Å². The van der Waals surface area contributed by atoms with Gasteiger partial charge in [0.15, 0.2) is 0 Å². The Morgan fingerprint density at radius 1 is 1.29 bits per heavy atom. The molecule has 5 heteroatoms. The number of carbonyl (C=O) groups excluding carboxylic acids is 3. The lowest BCUT2D eigenvalue weighted by Gasteiger charge is -2.06. The lowest BCUT2D eigenvalue weighted by atomic mass is 9.97. The van der Waals surface area contributed by atoms with Crippen LogP contribution < -0.4 is 5.73 Å². The zero-order chi connectivity index (χ0) is 12.7. The molecule has 1 aliphatic heterocycles. The summed E-state index contributed by atoms with van der Waals surface area (Å²) in [7, 11) is 1.42. The Morgan fingerprint density at radius 2 is 1.94 bits per heavy atom. The van der Waals surface area contributed by atoms with Gasteiger partial charge < -0.3 is 5.73 Å². The minimum Gasteiger partial charge on any atom is -0.369 e. The quantitative estimate of drug-likeness (QED) is 0.742. The Labute approximate surface area is 98.2 Å². The molecule has 1 aliphatic rings. The Balaban J connectivity index is 2.65. The van der Waals surface area contributed by atoms with E-state index in [0.717, 1.165) is 10.5 Å². The first-order chi connectivity index (χ1) is 7.91. The fraction of sp³-hybridized carbons (Fsp3) is 0.250. The van der Waals surface area contributed by atoms with Gasteiger partial charge >= 0.3 is 0 Å². The summed E-state index contributed by atoms with van der Waals surface area (Å²) in [6.07, 6.45) is -0.0309. The molecule has 0 aromatic heterocycles. The highest BCUT2D eigenvalue weighted by molar-refractivity contribution is 6.22. The molecule has 0 bridgehead atoms. The zero-order valence-corrected chi connectivity index (χ0v) is 9.61. The van der Waals surface area contributed by atoms with Gasteiger partial charge in [-0.15, -0.1) is 0 Å². The second-order valence-electron chi connectivity index (χ2n) is 4.16. The van der Waals surface area contributed by atoms with Crippen LogP contribution in [0.1, 0.15) is 31.8 Å². The molecule has 0 fully saturated rings. The smallest absolute Gasteiger partial charge is 0.261 e. The molecule has 0 spiro atoms. The van der Waals surface area contributed by atoms with Gasteiger partial charge in [0.25, 0.3) is 11.8 Å². The van der Waals surface area contributed by atoms with E-state index < -0.39 is 5.91 Å². The second-order valence-corrected chi connectivity index (χ2v) is 4.16. The normalized spacial score (nSPS) is 14.1. The molecule has 0 saturated carbocycles. The predicted octanol–water partition coefficient (Wildman–Crippen LogP) is 0.249. The van der Waals surface area contributed by atoms with Crippen LogP contribution in [0.3, 0.4) is 0 Å². The molecule has 2 N–H and O–H groups in total. The first kappa shape index (κ1) is 11.3. The monoisotopic (exact) mass is 232 g/mol. The van der Waals surface area contributed by atoms with Gasteiger partial charge in [-0.3, -0.25) is 19.3 Å². The standard InChI is InChI=1S/C12H12N2O3/c1-6-3-7(5-9(13)15)10-8(4-6)11(16)14(2)12(10)17/h3-4H,5H2,1-2H3,(H2,13,15). The maximum Gasteiger partial charge on any atom is 0.261 e. The summed E-state index contributed by atoms with van der Waals surface area (Å²) in [6.45, 7) is 1.81. The van der Waals surface area contributed by atoms with Gasteiger partial charge in [-0.25, -0.2) is 0 Å². The van der Waals surface area contributed by atoms with Crippen molar-refractivity contribution in [1.29, 1.82) is 0 Å². The minimum absolute atomic E-state index is 0.0309. The van der Waals surface area contributed by atoms with Crippen LogP contribution in [-0.2, 0) is 11.2 Å². The average Bonchev–Trinajstić information content (AvgIpc) is 2.43. The van der Waals surface area contributed by atoms with Crippen LogP contribution in [0.4, 0.5) is 0 Å². The van der Waals surface area contributed by atoms with Crippen molar-refractivity contribution in [2.45, 2.75) is 13.3 Å². The molecule has 88 valence electrons. The fourth-order valence-corrected chi connectivity index (χ4v) is 2.05. The molecular weight excluding hydrogens is 220 g/mol. The number of imide groups is 1. The Bertz CT molecular complexity index is 549. The number of nitrogens with zero attached hydrogens (tertiary/aromatic N) is 1. The van der Waals surface area contributed by atoms with E-state index >= 15 is 0 Å². The van der Waals surface area contributed by atoms with E-state index in [9.17, 15) is 14.4 Å². The topological polar surface area (TPSA) is 80.5 Å². The van der Waals surface area contributed by atoms with Crippen LogP contribution in [0.2, 0.25) is 0 Å². The third-order valence-electron chi connectivity index (χ3n) is 2.78. The van der Waals surface area contributed by atoms with Gasteiger partial charge in [-0.2, -0.15) is 0 Å². The third kappa shape index (κ3) is 1.69. The molecule has 0 saturated heterocycles. The van der Waals surface area contributed by atoms with Gasteiger partial charge in [0.05, 0.1) is 17.5 Å². The van der Waals surface area contributed by atoms with Crippen molar-refractivity contribution in [3.8, 4) is 0 Å². The number of primary amides is 1. The summed E-state index contributed by atoms with van der Waals surface area (Å²) >= 11 is 0. The number of rotatable bonds is 2. The van der Waals surface area contributed by atoms with E-state index in [1.807, 2.05) is 0 Å². The Kier molecular flexibility index (Phi) is 2.46. The SMILES string of the molecule is Cc1cc(CC(N)=O)c2c(c1)C(=O)N(C)C2=O. The molecule has 1 aromatic rings. The van der Waals surface area contributed by atoms with Crippen molar-refractivity contribution in [1.82, 2.24) is 4.90 Å². The first-order valence-electron chi connectivity index (χ1n) is 5.16. The first-order valence-corrected chi connectivity index (χ1v) is 5.16. The highest BCUT2D eigenvalue weighted by atomic mass is 16.2. The number of carbonyl (C=O) groups is 3. The number of hydrogen-bond acceptors (Lipinski definition) is 3. The number of hydrogen-bond donors (Lipinski definition) is 1. The van der Waals surface area contributed by atoms with Crippen LogP contribution in [0.5, 0.6) is 0 Å². The number of nitrogens with two attached hydrogens (primary N) is 1. The van der Waals surface area contributed by atoms with Gasteiger partial charge in [-0.1, -0.05) is 6.07 Å². The number of amides is 3. The molecule has 2 rings (SSSR count). The maximum atomic E-state index is 11.9. The summed E-state index contributed by atoms with van der Waals surface area (Å²) < 4.78 is 0. The van der Waals surface area contributed by atoms with Crippen LogP contribution in [-0.4, -0.2) is 29.7 Å². The summed E-state index contributed by atoms with van der Waals surface area (Å²) in [6, 6.07) is 3.37. The van der Waals surface area contributed by atoms with Crippen LogP contribution in [0.25, 0.3) is 0 Å². The van der Waals surface area contributed by atoms with Gasteiger partial charge in [0, 0.05) is 7.05 Å². The van der Waals surface area contributed by atoms with Gasteiger partial charge in [0.1, 0.15) is 0 Å². The van der Waals surface area contributed by atoms with Crippen LogP contribution >= 0.6 is 0 Å². The Morgan fingerprint density at radius 3 is 2.53 bits per heavy atom. The molecule has 17 heavy (non-hydrogen) atoms. The largest absolute Gasteiger partial charge is 0.369 e. The van der Waals surface area contributed by atoms with Crippen molar-refractivity contribution >= 4 is 17.7 Å². The lowest BCUT2D eigenvalue weighted by Crippen LogP contribution is -2.24. The highest BCUT2D eigenvalue weighted by Gasteiger charge is 2.35. The van der Waals surface area contributed by atoms with Crippen LogP contribution in [0, 0.1) is 6.92 Å². The average molecular weight is 232 g/mol. The lowest BCUT2D eigenvalue weighted by molar-refractivity contribution is -0.117. The van der Waals surface area contributed by atoms with Crippen molar-refractivity contribution in [2.24, 2.45) is 5.73 Å². The third-order valence-corrected chi connectivity index (χ3v) is 2.78.